The zero-order valence-electron chi connectivity index (χ0n) is 9.63. The number of likely N-dealkylation sites (N-methyl/N-ethyl adjacent to an activating group) is 1. The summed E-state index contributed by atoms with van der Waals surface area (Å²) in [6, 6.07) is 0. The Hall–Kier alpha value is -1.63. The van der Waals surface area contributed by atoms with Gasteiger partial charge in [-0.05, 0) is 13.3 Å². The minimum atomic E-state index is -1.17. The minimum absolute atomic E-state index is 0.00613. The van der Waals surface area contributed by atoms with Crippen molar-refractivity contribution in [2.45, 2.75) is 25.9 Å². The summed E-state index contributed by atoms with van der Waals surface area (Å²) in [7, 11) is 0. The van der Waals surface area contributed by atoms with Crippen LogP contribution in [0.4, 0.5) is 0 Å². The number of amides is 1. The van der Waals surface area contributed by atoms with E-state index in [-0.39, 0.29) is 24.6 Å². The van der Waals surface area contributed by atoms with E-state index in [4.69, 9.17) is 15.1 Å². The molecule has 0 saturated carbocycles. The third-order valence-corrected chi connectivity index (χ3v) is 2.47. The monoisotopic (exact) mass is 244 g/mol. The van der Waals surface area contributed by atoms with Crippen molar-refractivity contribution in [1.82, 2.24) is 4.90 Å². The number of carbonyl (C=O) groups excluding carboxylic acids is 1. The summed E-state index contributed by atoms with van der Waals surface area (Å²) in [5, 5.41) is 20.7. The lowest BCUT2D eigenvalue weighted by molar-refractivity contribution is -0.142. The molecular weight excluding hydrogens is 228 g/mol. The van der Waals surface area contributed by atoms with Crippen LogP contribution in [0.2, 0.25) is 0 Å². The van der Waals surface area contributed by atoms with Gasteiger partial charge in [-0.1, -0.05) is 5.16 Å². The average molecular weight is 244 g/mol. The summed E-state index contributed by atoms with van der Waals surface area (Å²) >= 11 is 0. The Kier molecular flexibility index (Phi) is 4.89. The van der Waals surface area contributed by atoms with Crippen LogP contribution in [0, 0.1) is 0 Å². The van der Waals surface area contributed by atoms with Gasteiger partial charge < -0.3 is 20.0 Å². The first-order valence-corrected chi connectivity index (χ1v) is 5.45. The van der Waals surface area contributed by atoms with E-state index < -0.39 is 12.1 Å². The molecule has 1 unspecified atom stereocenters. The molecule has 1 heterocycles. The van der Waals surface area contributed by atoms with Crippen molar-refractivity contribution < 1.29 is 24.6 Å². The number of rotatable bonds is 6. The minimum Gasteiger partial charge on any atom is -0.477 e. The Morgan fingerprint density at radius 1 is 1.59 bits per heavy atom. The predicted octanol–water partition coefficient (Wildman–Crippen LogP) is -0.553. The fourth-order valence-electron chi connectivity index (χ4n) is 1.53. The van der Waals surface area contributed by atoms with Gasteiger partial charge in [0.1, 0.15) is 0 Å². The van der Waals surface area contributed by atoms with Crippen LogP contribution in [0.25, 0.3) is 0 Å². The summed E-state index contributed by atoms with van der Waals surface area (Å²) in [5.74, 6) is -1.46. The molecule has 7 heteroatoms. The molecule has 0 aromatic rings. The fourth-order valence-corrected chi connectivity index (χ4v) is 1.53. The number of aliphatic hydroxyl groups is 1. The highest BCUT2D eigenvalue weighted by Crippen LogP contribution is 2.13. The second kappa shape index (κ2) is 6.19. The lowest BCUT2D eigenvalue weighted by Crippen LogP contribution is -2.40. The van der Waals surface area contributed by atoms with Gasteiger partial charge in [-0.3, -0.25) is 4.79 Å². The Morgan fingerprint density at radius 3 is 2.76 bits per heavy atom. The van der Waals surface area contributed by atoms with Crippen LogP contribution >= 0.6 is 0 Å². The number of hydrogen-bond donors (Lipinski definition) is 2. The Bertz CT molecular complexity index is 329. The summed E-state index contributed by atoms with van der Waals surface area (Å²) in [6.07, 6.45) is -0.373. The Balaban J connectivity index is 2.51. The molecule has 0 aromatic heterocycles. The standard InChI is InChI=1S/C10H16N2O5/c1-2-12(4-3-5-13)9(14)8-6-7(10(15)16)11-17-8/h8,13H,2-6H2,1H3,(H,15,16). The molecule has 1 atom stereocenters. The van der Waals surface area contributed by atoms with Crippen LogP contribution in [0.5, 0.6) is 0 Å². The molecule has 2 N–H and O–H groups in total. The zero-order valence-corrected chi connectivity index (χ0v) is 9.63. The topological polar surface area (TPSA) is 99.4 Å². The highest BCUT2D eigenvalue weighted by Gasteiger charge is 2.33. The maximum atomic E-state index is 11.9. The number of carboxylic acid groups (broad SMARTS) is 1. The number of aliphatic hydroxyl groups excluding tert-OH is 1. The van der Waals surface area contributed by atoms with Crippen LogP contribution in [-0.2, 0) is 14.4 Å². The molecule has 7 nitrogen and oxygen atoms in total. The SMILES string of the molecule is CCN(CCCO)C(=O)C1CC(C(=O)O)=NO1. The first kappa shape index (κ1) is 13.4. The summed E-state index contributed by atoms with van der Waals surface area (Å²) < 4.78 is 0. The highest BCUT2D eigenvalue weighted by molar-refractivity contribution is 6.36. The number of carbonyl (C=O) groups is 2. The van der Waals surface area contributed by atoms with E-state index in [0.29, 0.717) is 19.5 Å². The second-order valence-electron chi connectivity index (χ2n) is 3.64. The first-order chi connectivity index (χ1) is 8.10. The molecule has 0 aromatic carbocycles. The van der Waals surface area contributed by atoms with Gasteiger partial charge >= 0.3 is 5.97 Å². The van der Waals surface area contributed by atoms with E-state index in [1.807, 2.05) is 6.92 Å². The molecule has 0 radical (unpaired) electrons. The second-order valence-corrected chi connectivity index (χ2v) is 3.64. The highest BCUT2D eigenvalue weighted by atomic mass is 16.6. The van der Waals surface area contributed by atoms with Gasteiger partial charge in [0.05, 0.1) is 0 Å². The van der Waals surface area contributed by atoms with Crippen molar-refractivity contribution in [1.29, 1.82) is 0 Å². The lowest BCUT2D eigenvalue weighted by Gasteiger charge is -2.22. The molecule has 0 spiro atoms. The molecule has 17 heavy (non-hydrogen) atoms. The smallest absolute Gasteiger partial charge is 0.353 e. The van der Waals surface area contributed by atoms with Crippen molar-refractivity contribution in [3.8, 4) is 0 Å². The Morgan fingerprint density at radius 2 is 2.29 bits per heavy atom. The first-order valence-electron chi connectivity index (χ1n) is 5.45. The van der Waals surface area contributed by atoms with E-state index >= 15 is 0 Å². The van der Waals surface area contributed by atoms with Gasteiger partial charge in [-0.25, -0.2) is 4.79 Å². The maximum absolute atomic E-state index is 11.9. The molecule has 0 aliphatic carbocycles. The number of carboxylic acids is 1. The molecule has 1 aliphatic rings. The maximum Gasteiger partial charge on any atom is 0.353 e. The van der Waals surface area contributed by atoms with Crippen molar-refractivity contribution >= 4 is 17.6 Å². The van der Waals surface area contributed by atoms with Crippen LogP contribution < -0.4 is 0 Å². The third kappa shape index (κ3) is 3.42. The van der Waals surface area contributed by atoms with Gasteiger partial charge in [0.2, 0.25) is 6.10 Å². The lowest BCUT2D eigenvalue weighted by atomic mass is 10.1. The third-order valence-electron chi connectivity index (χ3n) is 2.47. The van der Waals surface area contributed by atoms with E-state index in [0.717, 1.165) is 0 Å². The van der Waals surface area contributed by atoms with Gasteiger partial charge in [0, 0.05) is 26.1 Å². The molecule has 0 saturated heterocycles. The van der Waals surface area contributed by atoms with E-state index in [2.05, 4.69) is 5.16 Å². The molecule has 0 fully saturated rings. The fraction of sp³-hybridized carbons (Fsp3) is 0.700. The van der Waals surface area contributed by atoms with Crippen LogP contribution in [0.1, 0.15) is 19.8 Å². The summed E-state index contributed by atoms with van der Waals surface area (Å²) in [4.78, 5) is 28.8. The summed E-state index contributed by atoms with van der Waals surface area (Å²) in [6.45, 7) is 2.73. The van der Waals surface area contributed by atoms with Gasteiger partial charge in [0.15, 0.2) is 5.71 Å². The number of aliphatic carboxylic acids is 1. The largest absolute Gasteiger partial charge is 0.477 e. The zero-order chi connectivity index (χ0) is 12.8. The van der Waals surface area contributed by atoms with Gasteiger partial charge in [-0.2, -0.15) is 0 Å². The van der Waals surface area contributed by atoms with Crippen LogP contribution in [-0.4, -0.2) is 58.5 Å². The number of oxime groups is 1. The van der Waals surface area contributed by atoms with Crippen molar-refractivity contribution in [2.75, 3.05) is 19.7 Å². The predicted molar refractivity (Wildman–Crippen MR) is 58.5 cm³/mol. The quantitative estimate of drug-likeness (QED) is 0.653. The van der Waals surface area contributed by atoms with Crippen molar-refractivity contribution in [3.63, 3.8) is 0 Å². The van der Waals surface area contributed by atoms with Gasteiger partial charge in [0.25, 0.3) is 5.91 Å². The number of hydrogen-bond acceptors (Lipinski definition) is 5. The van der Waals surface area contributed by atoms with Crippen LogP contribution in [0.3, 0.4) is 0 Å². The van der Waals surface area contributed by atoms with Gasteiger partial charge in [-0.15, -0.1) is 0 Å². The van der Waals surface area contributed by atoms with Crippen molar-refractivity contribution in [2.24, 2.45) is 5.16 Å². The van der Waals surface area contributed by atoms with Crippen LogP contribution in [0.15, 0.2) is 5.16 Å². The molecule has 0 bridgehead atoms. The molecule has 1 rings (SSSR count). The Labute approximate surface area is 98.7 Å². The summed E-state index contributed by atoms with van der Waals surface area (Å²) in [5.41, 5.74) is -0.137. The normalized spacial score (nSPS) is 18.5. The number of nitrogens with zero attached hydrogens (tertiary/aromatic N) is 2. The van der Waals surface area contributed by atoms with E-state index in [1.54, 1.807) is 0 Å². The molecular formula is C10H16N2O5. The average Bonchev–Trinajstić information content (AvgIpc) is 2.79. The van der Waals surface area contributed by atoms with E-state index in [9.17, 15) is 9.59 Å². The molecule has 1 aliphatic heterocycles. The molecule has 96 valence electrons. The molecule has 1 amide bonds. The van der Waals surface area contributed by atoms with Crippen molar-refractivity contribution in [3.05, 3.63) is 0 Å². The van der Waals surface area contributed by atoms with E-state index in [1.165, 1.54) is 4.90 Å².